The van der Waals surface area contributed by atoms with Gasteiger partial charge in [0, 0.05) is 19.2 Å². The van der Waals surface area contributed by atoms with Gasteiger partial charge < -0.3 is 4.90 Å². The zero-order chi connectivity index (χ0) is 17.5. The van der Waals surface area contributed by atoms with Gasteiger partial charge in [0.15, 0.2) is 0 Å². The van der Waals surface area contributed by atoms with Gasteiger partial charge in [-0.25, -0.2) is 4.98 Å². The largest absolute Gasteiger partial charge is 0.335 e. The first-order chi connectivity index (χ1) is 12.3. The molecule has 3 nitrogen and oxygen atoms in total. The second-order valence-electron chi connectivity index (χ2n) is 5.66. The van der Waals surface area contributed by atoms with Crippen molar-refractivity contribution in [1.29, 1.82) is 0 Å². The van der Waals surface area contributed by atoms with E-state index in [9.17, 15) is 4.79 Å². The Hall–Kier alpha value is -2.72. The van der Waals surface area contributed by atoms with Crippen LogP contribution in [0, 0.1) is 0 Å². The fraction of sp³-hybridized carbons (Fsp3) is 0.143. The van der Waals surface area contributed by atoms with Gasteiger partial charge in [0.25, 0.3) is 0 Å². The lowest BCUT2D eigenvalue weighted by Crippen LogP contribution is -2.31. The third-order valence-corrected chi connectivity index (χ3v) is 4.85. The highest BCUT2D eigenvalue weighted by Gasteiger charge is 2.09. The van der Waals surface area contributed by atoms with Crippen molar-refractivity contribution in [3.8, 4) is 0 Å². The second-order valence-corrected chi connectivity index (χ2v) is 6.72. The van der Waals surface area contributed by atoms with Crippen LogP contribution >= 0.6 is 11.3 Å². The number of aromatic nitrogens is 1. The summed E-state index contributed by atoms with van der Waals surface area (Å²) in [4.78, 5) is 18.8. The summed E-state index contributed by atoms with van der Waals surface area (Å²) in [6.07, 6.45) is 5.99. The SMILES string of the molecule is C=CCN(CCc1ccccc1)C(=O)/C=C/c1nc2ccccc2s1. The van der Waals surface area contributed by atoms with Crippen LogP contribution in [0.4, 0.5) is 0 Å². The molecule has 0 aliphatic heterocycles. The molecular weight excluding hydrogens is 328 g/mol. The summed E-state index contributed by atoms with van der Waals surface area (Å²) >= 11 is 1.59. The van der Waals surface area contributed by atoms with Crippen LogP contribution in [0.3, 0.4) is 0 Å². The Labute approximate surface area is 151 Å². The third kappa shape index (κ3) is 4.64. The number of fused-ring (bicyclic) bond motifs is 1. The molecule has 3 rings (SSSR count). The van der Waals surface area contributed by atoms with Crippen LogP contribution in [0.1, 0.15) is 10.6 Å². The normalized spacial score (nSPS) is 11.0. The molecule has 0 unspecified atom stereocenters. The molecule has 0 radical (unpaired) electrons. The molecule has 0 aliphatic rings. The van der Waals surface area contributed by atoms with Gasteiger partial charge in [-0.1, -0.05) is 48.5 Å². The van der Waals surface area contributed by atoms with E-state index >= 15 is 0 Å². The highest BCUT2D eigenvalue weighted by atomic mass is 32.1. The molecule has 25 heavy (non-hydrogen) atoms. The zero-order valence-electron chi connectivity index (χ0n) is 14.0. The number of nitrogens with zero attached hydrogens (tertiary/aromatic N) is 2. The number of para-hydroxylation sites is 1. The van der Waals surface area contributed by atoms with E-state index < -0.39 is 0 Å². The predicted octanol–water partition coefficient (Wildman–Crippen LogP) is 4.57. The van der Waals surface area contributed by atoms with E-state index in [2.05, 4.69) is 23.7 Å². The van der Waals surface area contributed by atoms with Crippen molar-refractivity contribution >= 4 is 33.5 Å². The molecule has 3 aromatic rings. The van der Waals surface area contributed by atoms with E-state index in [-0.39, 0.29) is 5.91 Å². The molecule has 1 heterocycles. The van der Waals surface area contributed by atoms with E-state index in [1.54, 1.807) is 34.5 Å². The van der Waals surface area contributed by atoms with Crippen LogP contribution in [0.15, 0.2) is 73.3 Å². The lowest BCUT2D eigenvalue weighted by Gasteiger charge is -2.19. The Morgan fingerprint density at radius 3 is 2.64 bits per heavy atom. The summed E-state index contributed by atoms with van der Waals surface area (Å²) in [6, 6.07) is 18.2. The van der Waals surface area contributed by atoms with Crippen molar-refractivity contribution in [2.24, 2.45) is 0 Å². The number of hydrogen-bond donors (Lipinski definition) is 0. The first-order valence-electron chi connectivity index (χ1n) is 8.23. The maximum atomic E-state index is 12.5. The van der Waals surface area contributed by atoms with Crippen molar-refractivity contribution in [1.82, 2.24) is 9.88 Å². The number of rotatable bonds is 7. The minimum atomic E-state index is -0.0184. The molecule has 1 aromatic heterocycles. The van der Waals surface area contributed by atoms with Crippen molar-refractivity contribution in [2.45, 2.75) is 6.42 Å². The summed E-state index contributed by atoms with van der Waals surface area (Å²) in [7, 11) is 0. The average molecular weight is 348 g/mol. The first kappa shape index (κ1) is 17.1. The van der Waals surface area contributed by atoms with Crippen molar-refractivity contribution in [3.05, 3.63) is 83.9 Å². The Kier molecular flexibility index (Phi) is 5.75. The molecule has 1 amide bonds. The monoisotopic (exact) mass is 348 g/mol. The number of hydrogen-bond acceptors (Lipinski definition) is 3. The standard InChI is InChI=1S/C21H20N2OS/c1-2-15-23(16-14-17-8-4-3-5-9-17)21(24)13-12-20-22-18-10-6-7-11-19(18)25-20/h2-13H,1,14-16H2/b13-12+. The molecular formula is C21H20N2OS. The van der Waals surface area contributed by atoms with Crippen LogP contribution in [-0.4, -0.2) is 28.9 Å². The maximum Gasteiger partial charge on any atom is 0.246 e. The number of amides is 1. The van der Waals surface area contributed by atoms with Crippen molar-refractivity contribution in [2.75, 3.05) is 13.1 Å². The third-order valence-electron chi connectivity index (χ3n) is 3.85. The van der Waals surface area contributed by atoms with Crippen molar-refractivity contribution in [3.63, 3.8) is 0 Å². The molecule has 0 aliphatic carbocycles. The quantitative estimate of drug-likeness (QED) is 0.463. The Morgan fingerprint density at radius 1 is 1.12 bits per heavy atom. The number of benzene rings is 2. The molecule has 4 heteroatoms. The van der Waals surface area contributed by atoms with Crippen LogP contribution in [0.5, 0.6) is 0 Å². The lowest BCUT2D eigenvalue weighted by molar-refractivity contribution is -0.125. The molecule has 0 spiro atoms. The molecule has 126 valence electrons. The molecule has 0 bridgehead atoms. The highest BCUT2D eigenvalue weighted by Crippen LogP contribution is 2.22. The topological polar surface area (TPSA) is 33.2 Å². The predicted molar refractivity (Wildman–Crippen MR) is 106 cm³/mol. The molecule has 0 saturated carbocycles. The Morgan fingerprint density at radius 2 is 1.88 bits per heavy atom. The number of carbonyl (C=O) groups excluding carboxylic acids is 1. The summed E-state index contributed by atoms with van der Waals surface area (Å²) in [5.74, 6) is -0.0184. The van der Waals surface area contributed by atoms with Crippen LogP contribution in [0.2, 0.25) is 0 Å². The maximum absolute atomic E-state index is 12.5. The number of thiazole rings is 1. The number of carbonyl (C=O) groups is 1. The van der Waals surface area contributed by atoms with Gasteiger partial charge in [0.2, 0.25) is 5.91 Å². The van der Waals surface area contributed by atoms with Gasteiger partial charge in [-0.15, -0.1) is 17.9 Å². The van der Waals surface area contributed by atoms with Gasteiger partial charge >= 0.3 is 0 Å². The van der Waals surface area contributed by atoms with Gasteiger partial charge in [-0.2, -0.15) is 0 Å². The van der Waals surface area contributed by atoms with E-state index in [0.29, 0.717) is 13.1 Å². The van der Waals surface area contributed by atoms with E-state index in [1.165, 1.54) is 5.56 Å². The van der Waals surface area contributed by atoms with Gasteiger partial charge in [0.05, 0.1) is 10.2 Å². The molecule has 0 atom stereocenters. The lowest BCUT2D eigenvalue weighted by atomic mass is 10.1. The van der Waals surface area contributed by atoms with Crippen LogP contribution in [-0.2, 0) is 11.2 Å². The summed E-state index contributed by atoms with van der Waals surface area (Å²) in [5, 5.41) is 0.844. The fourth-order valence-electron chi connectivity index (χ4n) is 2.57. The van der Waals surface area contributed by atoms with Crippen molar-refractivity contribution < 1.29 is 4.79 Å². The Balaban J connectivity index is 1.66. The first-order valence-corrected chi connectivity index (χ1v) is 9.05. The molecule has 0 N–H and O–H groups in total. The van der Waals surface area contributed by atoms with E-state index in [0.717, 1.165) is 21.6 Å². The van der Waals surface area contributed by atoms with Gasteiger partial charge in [0.1, 0.15) is 5.01 Å². The van der Waals surface area contributed by atoms with E-state index in [1.807, 2.05) is 42.5 Å². The average Bonchev–Trinajstić information content (AvgIpc) is 3.07. The van der Waals surface area contributed by atoms with Gasteiger partial charge in [-0.05, 0) is 30.2 Å². The molecule has 2 aromatic carbocycles. The van der Waals surface area contributed by atoms with Crippen LogP contribution in [0.25, 0.3) is 16.3 Å². The molecule has 0 fully saturated rings. The second kappa shape index (κ2) is 8.40. The summed E-state index contributed by atoms with van der Waals surface area (Å²) < 4.78 is 1.13. The fourth-order valence-corrected chi connectivity index (χ4v) is 3.44. The Bertz CT molecular complexity index is 850. The molecule has 0 saturated heterocycles. The highest BCUT2D eigenvalue weighted by molar-refractivity contribution is 7.19. The zero-order valence-corrected chi connectivity index (χ0v) is 14.8. The van der Waals surface area contributed by atoms with Crippen LogP contribution < -0.4 is 0 Å². The summed E-state index contributed by atoms with van der Waals surface area (Å²) in [6.45, 7) is 4.96. The minimum Gasteiger partial charge on any atom is -0.335 e. The smallest absolute Gasteiger partial charge is 0.246 e. The summed E-state index contributed by atoms with van der Waals surface area (Å²) in [5.41, 5.74) is 2.19. The van der Waals surface area contributed by atoms with Gasteiger partial charge in [-0.3, -0.25) is 4.79 Å². The minimum absolute atomic E-state index is 0.0184. The van der Waals surface area contributed by atoms with E-state index in [4.69, 9.17) is 0 Å².